The van der Waals surface area contributed by atoms with Crippen LogP contribution in [0.2, 0.25) is 0 Å². The van der Waals surface area contributed by atoms with Crippen molar-refractivity contribution >= 4 is 11.8 Å². The highest BCUT2D eigenvalue weighted by Gasteiger charge is 2.28. The molecule has 0 spiro atoms. The molecule has 1 aliphatic rings. The van der Waals surface area contributed by atoms with Gasteiger partial charge in [0.25, 0.3) is 11.8 Å². The molecule has 2 aromatic carbocycles. The van der Waals surface area contributed by atoms with Gasteiger partial charge in [0.2, 0.25) is 0 Å². The first kappa shape index (κ1) is 17.0. The van der Waals surface area contributed by atoms with Crippen molar-refractivity contribution < 1.29 is 14.3 Å². The lowest BCUT2D eigenvalue weighted by Crippen LogP contribution is -2.53. The Morgan fingerprint density at radius 3 is 1.96 bits per heavy atom. The molecule has 0 unspecified atom stereocenters. The fourth-order valence-electron chi connectivity index (χ4n) is 2.90. The number of piperazine rings is 1. The molecule has 3 rings (SSSR count). The van der Waals surface area contributed by atoms with E-state index in [0.29, 0.717) is 37.5 Å². The molecule has 2 aromatic rings. The van der Waals surface area contributed by atoms with Gasteiger partial charge in [-0.05, 0) is 31.2 Å². The maximum absolute atomic E-state index is 12.5. The van der Waals surface area contributed by atoms with E-state index in [-0.39, 0.29) is 11.8 Å². The summed E-state index contributed by atoms with van der Waals surface area (Å²) in [4.78, 5) is 28.6. The highest BCUT2D eigenvalue weighted by Crippen LogP contribution is 2.14. The molecule has 0 saturated carbocycles. The lowest BCUT2D eigenvalue weighted by Gasteiger charge is -2.36. The summed E-state index contributed by atoms with van der Waals surface area (Å²) < 4.78 is 5.70. The van der Waals surface area contributed by atoms with Crippen molar-refractivity contribution in [3.63, 3.8) is 0 Å². The van der Waals surface area contributed by atoms with E-state index in [2.05, 4.69) is 0 Å². The third-order valence-corrected chi connectivity index (χ3v) is 4.30. The largest absolute Gasteiger partial charge is 0.481 e. The SMILES string of the molecule is C[C@@H](Oc1ccccc1)C(=O)N1CCN(C(=O)c2ccccc2)CC1. The molecule has 1 fully saturated rings. The van der Waals surface area contributed by atoms with Crippen LogP contribution in [0.4, 0.5) is 0 Å². The Kier molecular flexibility index (Phi) is 5.33. The number of amides is 2. The second-order valence-electron chi connectivity index (χ2n) is 6.06. The second kappa shape index (κ2) is 7.83. The highest BCUT2D eigenvalue weighted by atomic mass is 16.5. The Morgan fingerprint density at radius 2 is 1.36 bits per heavy atom. The van der Waals surface area contributed by atoms with Crippen molar-refractivity contribution in [3.05, 3.63) is 66.2 Å². The predicted octanol–water partition coefficient (Wildman–Crippen LogP) is 2.44. The fraction of sp³-hybridized carbons (Fsp3) is 0.300. The zero-order valence-corrected chi connectivity index (χ0v) is 14.3. The number of carbonyl (C=O) groups excluding carboxylic acids is 2. The van der Waals surface area contributed by atoms with Crippen molar-refractivity contribution in [2.45, 2.75) is 13.0 Å². The molecular formula is C20H22N2O3. The maximum atomic E-state index is 12.5. The number of carbonyl (C=O) groups is 2. The molecular weight excluding hydrogens is 316 g/mol. The molecule has 1 heterocycles. The van der Waals surface area contributed by atoms with Crippen molar-refractivity contribution in [2.24, 2.45) is 0 Å². The molecule has 2 amide bonds. The summed E-state index contributed by atoms with van der Waals surface area (Å²) in [5, 5.41) is 0. The van der Waals surface area contributed by atoms with Crippen molar-refractivity contribution in [1.82, 2.24) is 9.80 Å². The molecule has 1 aliphatic heterocycles. The number of para-hydroxylation sites is 1. The average Bonchev–Trinajstić information content (AvgIpc) is 2.68. The van der Waals surface area contributed by atoms with Gasteiger partial charge in [0.05, 0.1) is 0 Å². The molecule has 130 valence electrons. The minimum Gasteiger partial charge on any atom is -0.481 e. The third kappa shape index (κ3) is 4.18. The van der Waals surface area contributed by atoms with Crippen molar-refractivity contribution in [3.8, 4) is 5.75 Å². The molecule has 0 radical (unpaired) electrons. The minimum absolute atomic E-state index is 0.0151. The molecule has 0 aromatic heterocycles. The Bertz CT molecular complexity index is 710. The van der Waals surface area contributed by atoms with Gasteiger partial charge in [-0.3, -0.25) is 9.59 Å². The van der Waals surface area contributed by atoms with Gasteiger partial charge in [-0.25, -0.2) is 0 Å². The Labute approximate surface area is 147 Å². The smallest absolute Gasteiger partial charge is 0.263 e. The zero-order chi connectivity index (χ0) is 17.6. The lowest BCUT2D eigenvalue weighted by atomic mass is 10.2. The molecule has 1 atom stereocenters. The fourth-order valence-corrected chi connectivity index (χ4v) is 2.90. The number of hydrogen-bond donors (Lipinski definition) is 0. The number of ether oxygens (including phenoxy) is 1. The summed E-state index contributed by atoms with van der Waals surface area (Å²) in [5.41, 5.74) is 0.683. The summed E-state index contributed by atoms with van der Waals surface area (Å²) in [7, 11) is 0. The quantitative estimate of drug-likeness (QED) is 0.860. The zero-order valence-electron chi connectivity index (χ0n) is 14.3. The monoisotopic (exact) mass is 338 g/mol. The van der Waals surface area contributed by atoms with E-state index in [4.69, 9.17) is 4.74 Å². The topological polar surface area (TPSA) is 49.9 Å². The van der Waals surface area contributed by atoms with Crippen LogP contribution in [0.25, 0.3) is 0 Å². The minimum atomic E-state index is -0.543. The molecule has 0 N–H and O–H groups in total. The van der Waals surface area contributed by atoms with Gasteiger partial charge in [0, 0.05) is 31.7 Å². The van der Waals surface area contributed by atoms with E-state index in [0.717, 1.165) is 0 Å². The first-order valence-corrected chi connectivity index (χ1v) is 8.50. The maximum Gasteiger partial charge on any atom is 0.263 e. The molecule has 5 heteroatoms. The molecule has 25 heavy (non-hydrogen) atoms. The van der Waals surface area contributed by atoms with Crippen LogP contribution in [0.5, 0.6) is 5.75 Å². The first-order valence-electron chi connectivity index (χ1n) is 8.50. The van der Waals surface area contributed by atoms with Crippen LogP contribution in [0.1, 0.15) is 17.3 Å². The first-order chi connectivity index (χ1) is 12.1. The van der Waals surface area contributed by atoms with Crippen molar-refractivity contribution in [2.75, 3.05) is 26.2 Å². The molecule has 0 bridgehead atoms. The predicted molar refractivity (Wildman–Crippen MR) is 95.5 cm³/mol. The van der Waals surface area contributed by atoms with E-state index >= 15 is 0 Å². The second-order valence-corrected chi connectivity index (χ2v) is 6.06. The third-order valence-electron chi connectivity index (χ3n) is 4.30. The standard InChI is InChI=1S/C20H22N2O3/c1-16(25-18-10-6-3-7-11-18)19(23)21-12-14-22(15-13-21)20(24)17-8-4-2-5-9-17/h2-11,16H,12-15H2,1H3/t16-/m1/s1. The van der Waals surface area contributed by atoms with Crippen molar-refractivity contribution in [1.29, 1.82) is 0 Å². The van der Waals surface area contributed by atoms with Crippen LogP contribution < -0.4 is 4.74 Å². The summed E-state index contributed by atoms with van der Waals surface area (Å²) in [6, 6.07) is 18.6. The summed E-state index contributed by atoms with van der Waals surface area (Å²) in [5.74, 6) is 0.651. The van der Waals surface area contributed by atoms with Crippen LogP contribution in [0, 0.1) is 0 Å². The highest BCUT2D eigenvalue weighted by molar-refractivity contribution is 5.94. The van der Waals surface area contributed by atoms with E-state index in [1.165, 1.54) is 0 Å². The Hall–Kier alpha value is -2.82. The van der Waals surface area contributed by atoms with Crippen LogP contribution in [-0.2, 0) is 4.79 Å². The van der Waals surface area contributed by atoms with Crippen LogP contribution in [0.3, 0.4) is 0 Å². The van der Waals surface area contributed by atoms with Gasteiger partial charge >= 0.3 is 0 Å². The van der Waals surface area contributed by atoms with Gasteiger partial charge in [-0.2, -0.15) is 0 Å². The van der Waals surface area contributed by atoms with E-state index in [9.17, 15) is 9.59 Å². The number of nitrogens with zero attached hydrogens (tertiary/aromatic N) is 2. The van der Waals surface area contributed by atoms with Gasteiger partial charge in [-0.15, -0.1) is 0 Å². The van der Waals surface area contributed by atoms with Crippen LogP contribution >= 0.6 is 0 Å². The molecule has 5 nitrogen and oxygen atoms in total. The molecule has 1 saturated heterocycles. The van der Waals surface area contributed by atoms with E-state index in [1.54, 1.807) is 16.7 Å². The summed E-state index contributed by atoms with van der Waals surface area (Å²) >= 11 is 0. The van der Waals surface area contributed by atoms with Crippen LogP contribution in [-0.4, -0.2) is 53.9 Å². The Balaban J connectivity index is 1.53. The van der Waals surface area contributed by atoms with Crippen LogP contribution in [0.15, 0.2) is 60.7 Å². The van der Waals surface area contributed by atoms with Gasteiger partial charge < -0.3 is 14.5 Å². The summed E-state index contributed by atoms with van der Waals surface area (Å²) in [6.07, 6.45) is -0.543. The average molecular weight is 338 g/mol. The normalized spacial score (nSPS) is 15.6. The Morgan fingerprint density at radius 1 is 0.840 bits per heavy atom. The lowest BCUT2D eigenvalue weighted by molar-refractivity contribution is -0.139. The molecule has 0 aliphatic carbocycles. The number of hydrogen-bond acceptors (Lipinski definition) is 3. The van der Waals surface area contributed by atoms with Gasteiger partial charge in [0.1, 0.15) is 5.75 Å². The van der Waals surface area contributed by atoms with E-state index in [1.807, 2.05) is 60.7 Å². The number of rotatable bonds is 4. The van der Waals surface area contributed by atoms with E-state index < -0.39 is 6.10 Å². The van der Waals surface area contributed by atoms with Gasteiger partial charge in [0.15, 0.2) is 6.10 Å². The van der Waals surface area contributed by atoms with Gasteiger partial charge in [-0.1, -0.05) is 36.4 Å². The summed E-state index contributed by atoms with van der Waals surface area (Å²) in [6.45, 7) is 3.89. The number of benzene rings is 2.